The first-order valence-electron chi connectivity index (χ1n) is 9.11. The Hall–Kier alpha value is -2.34. The maximum Gasteiger partial charge on any atom is 0.277 e. The number of methoxy groups -OCH3 is 1. The van der Waals surface area contributed by atoms with E-state index in [1.165, 1.54) is 4.90 Å². The van der Waals surface area contributed by atoms with Gasteiger partial charge in [-0.05, 0) is 38.0 Å². The average Bonchev–Trinajstić information content (AvgIpc) is 2.86. The van der Waals surface area contributed by atoms with Crippen LogP contribution in [0.3, 0.4) is 0 Å². The number of imide groups is 1. The molecule has 2 amide bonds. The van der Waals surface area contributed by atoms with E-state index in [9.17, 15) is 9.59 Å². The van der Waals surface area contributed by atoms with E-state index < -0.39 is 0 Å². The van der Waals surface area contributed by atoms with Crippen LogP contribution in [0.4, 0.5) is 0 Å². The number of rotatable bonds is 5. The van der Waals surface area contributed by atoms with Gasteiger partial charge in [-0.25, -0.2) is 0 Å². The fourth-order valence-corrected chi connectivity index (χ4v) is 3.66. The van der Waals surface area contributed by atoms with E-state index >= 15 is 0 Å². The van der Waals surface area contributed by atoms with Crippen molar-refractivity contribution in [1.82, 2.24) is 9.80 Å². The summed E-state index contributed by atoms with van der Waals surface area (Å²) in [5.41, 5.74) is 1.72. The van der Waals surface area contributed by atoms with Gasteiger partial charge >= 0.3 is 0 Å². The Kier molecular flexibility index (Phi) is 5.32. The predicted molar refractivity (Wildman–Crippen MR) is 98.5 cm³/mol. The van der Waals surface area contributed by atoms with Crippen LogP contribution in [0.2, 0.25) is 0 Å². The number of hydrogen-bond acceptors (Lipinski definition) is 5. The van der Waals surface area contributed by atoms with Crippen molar-refractivity contribution < 1.29 is 19.1 Å². The Morgan fingerprint density at radius 3 is 2.23 bits per heavy atom. The Morgan fingerprint density at radius 2 is 1.69 bits per heavy atom. The molecule has 0 aromatic heterocycles. The summed E-state index contributed by atoms with van der Waals surface area (Å²) < 4.78 is 11.0. The quantitative estimate of drug-likeness (QED) is 0.756. The molecule has 1 aromatic rings. The molecule has 3 rings (SSSR count). The van der Waals surface area contributed by atoms with Gasteiger partial charge in [0.25, 0.3) is 11.8 Å². The molecule has 0 spiro atoms. The zero-order valence-electron chi connectivity index (χ0n) is 15.8. The third-order valence-corrected chi connectivity index (χ3v) is 4.71. The summed E-state index contributed by atoms with van der Waals surface area (Å²) in [6.45, 7) is 7.56. The Balaban J connectivity index is 2.06. The van der Waals surface area contributed by atoms with Crippen molar-refractivity contribution >= 4 is 17.4 Å². The van der Waals surface area contributed by atoms with E-state index in [-0.39, 0.29) is 24.0 Å². The number of amides is 2. The first kappa shape index (κ1) is 18.5. The lowest BCUT2D eigenvalue weighted by Gasteiger charge is -2.37. The van der Waals surface area contributed by atoms with E-state index in [4.69, 9.17) is 9.47 Å². The van der Waals surface area contributed by atoms with Gasteiger partial charge in [-0.1, -0.05) is 19.1 Å². The van der Waals surface area contributed by atoms with Crippen molar-refractivity contribution in [3.63, 3.8) is 0 Å². The molecule has 2 heterocycles. The lowest BCUT2D eigenvalue weighted by atomic mass is 10.0. The second-order valence-electron chi connectivity index (χ2n) is 6.88. The van der Waals surface area contributed by atoms with E-state index in [0.29, 0.717) is 36.7 Å². The molecule has 2 aliphatic heterocycles. The molecule has 6 heteroatoms. The largest absolute Gasteiger partial charge is 0.497 e. The molecule has 0 N–H and O–H groups in total. The van der Waals surface area contributed by atoms with Crippen LogP contribution < -0.4 is 4.74 Å². The van der Waals surface area contributed by atoms with Crippen LogP contribution in [0.25, 0.3) is 5.57 Å². The molecule has 140 valence electrons. The average molecular weight is 358 g/mol. The predicted octanol–water partition coefficient (Wildman–Crippen LogP) is 2.29. The van der Waals surface area contributed by atoms with Gasteiger partial charge in [0, 0.05) is 19.6 Å². The van der Waals surface area contributed by atoms with Crippen LogP contribution in [0.5, 0.6) is 5.75 Å². The fraction of sp³-hybridized carbons (Fsp3) is 0.500. The minimum absolute atomic E-state index is 0.00601. The Bertz CT molecular complexity index is 716. The van der Waals surface area contributed by atoms with Crippen molar-refractivity contribution in [3.05, 3.63) is 35.5 Å². The highest BCUT2D eigenvalue weighted by molar-refractivity contribution is 6.35. The molecule has 1 saturated heterocycles. The molecule has 2 unspecified atom stereocenters. The number of nitrogens with zero attached hydrogens (tertiary/aromatic N) is 2. The smallest absolute Gasteiger partial charge is 0.277 e. The van der Waals surface area contributed by atoms with Crippen molar-refractivity contribution in [2.24, 2.45) is 0 Å². The number of hydrogen-bond donors (Lipinski definition) is 0. The summed E-state index contributed by atoms with van der Waals surface area (Å²) in [6, 6.07) is 7.29. The zero-order valence-corrected chi connectivity index (χ0v) is 15.8. The van der Waals surface area contributed by atoms with Crippen molar-refractivity contribution in [3.8, 4) is 5.75 Å². The molecule has 0 bridgehead atoms. The number of morpholine rings is 1. The summed E-state index contributed by atoms with van der Waals surface area (Å²) >= 11 is 0. The zero-order chi connectivity index (χ0) is 18.8. The maximum absolute atomic E-state index is 13.1. The maximum atomic E-state index is 13.1. The van der Waals surface area contributed by atoms with E-state index in [2.05, 4.69) is 0 Å². The van der Waals surface area contributed by atoms with E-state index in [1.54, 1.807) is 7.11 Å². The van der Waals surface area contributed by atoms with Gasteiger partial charge < -0.3 is 14.4 Å². The van der Waals surface area contributed by atoms with Crippen LogP contribution in [-0.4, -0.2) is 60.6 Å². The summed E-state index contributed by atoms with van der Waals surface area (Å²) in [7, 11) is 1.60. The minimum atomic E-state index is -0.219. The molecule has 6 nitrogen and oxygen atoms in total. The molecular formula is C20H26N2O4. The van der Waals surface area contributed by atoms with Gasteiger partial charge in [-0.3, -0.25) is 14.5 Å². The summed E-state index contributed by atoms with van der Waals surface area (Å²) in [6.07, 6.45) is 0.745. The SMILES string of the molecule is CCCN1C(=O)C(c2ccc(OC)cc2)=C(N2CC(C)OC(C)C2)C1=O. The van der Waals surface area contributed by atoms with Crippen LogP contribution >= 0.6 is 0 Å². The standard InChI is InChI=1S/C20H26N2O4/c1-5-10-22-19(23)17(15-6-8-16(25-4)9-7-15)18(20(22)24)21-11-13(2)26-14(3)12-21/h6-9,13-14H,5,10-12H2,1-4H3. The molecule has 26 heavy (non-hydrogen) atoms. The van der Waals surface area contributed by atoms with Gasteiger partial charge in [0.15, 0.2) is 0 Å². The highest BCUT2D eigenvalue weighted by Gasteiger charge is 2.42. The van der Waals surface area contributed by atoms with Crippen molar-refractivity contribution in [1.29, 1.82) is 0 Å². The second kappa shape index (κ2) is 7.50. The molecule has 0 radical (unpaired) electrons. The Labute approximate surface area is 154 Å². The van der Waals surface area contributed by atoms with Crippen LogP contribution in [0.1, 0.15) is 32.8 Å². The monoisotopic (exact) mass is 358 g/mol. The molecule has 2 atom stereocenters. The van der Waals surface area contributed by atoms with Gasteiger partial charge in [0.1, 0.15) is 11.4 Å². The number of benzene rings is 1. The molecule has 0 saturated carbocycles. The highest BCUT2D eigenvalue weighted by atomic mass is 16.5. The van der Waals surface area contributed by atoms with Gasteiger partial charge in [0.05, 0.1) is 24.9 Å². The highest BCUT2D eigenvalue weighted by Crippen LogP contribution is 2.33. The molecular weight excluding hydrogens is 332 g/mol. The van der Waals surface area contributed by atoms with Gasteiger partial charge in [0.2, 0.25) is 0 Å². The van der Waals surface area contributed by atoms with Gasteiger partial charge in [-0.15, -0.1) is 0 Å². The third kappa shape index (κ3) is 3.33. The molecule has 0 aliphatic carbocycles. The van der Waals surface area contributed by atoms with Gasteiger partial charge in [-0.2, -0.15) is 0 Å². The fourth-order valence-electron chi connectivity index (χ4n) is 3.66. The molecule has 1 aromatic carbocycles. The van der Waals surface area contributed by atoms with Crippen molar-refractivity contribution in [2.45, 2.75) is 39.4 Å². The van der Waals surface area contributed by atoms with E-state index in [1.807, 2.05) is 49.9 Å². The van der Waals surface area contributed by atoms with E-state index in [0.717, 1.165) is 12.0 Å². The first-order valence-corrected chi connectivity index (χ1v) is 9.11. The number of carbonyl (C=O) groups excluding carboxylic acids is 2. The topological polar surface area (TPSA) is 59.1 Å². The summed E-state index contributed by atoms with van der Waals surface area (Å²) in [5.74, 6) is 0.291. The van der Waals surface area contributed by atoms with Crippen LogP contribution in [0.15, 0.2) is 30.0 Å². The van der Waals surface area contributed by atoms with Crippen molar-refractivity contribution in [2.75, 3.05) is 26.7 Å². The normalized spacial score (nSPS) is 23.8. The Morgan fingerprint density at radius 1 is 1.08 bits per heavy atom. The lowest BCUT2D eigenvalue weighted by Crippen LogP contribution is -2.47. The number of carbonyl (C=O) groups is 2. The molecule has 2 aliphatic rings. The van der Waals surface area contributed by atoms with Crippen LogP contribution in [0, 0.1) is 0 Å². The third-order valence-electron chi connectivity index (χ3n) is 4.71. The minimum Gasteiger partial charge on any atom is -0.497 e. The lowest BCUT2D eigenvalue weighted by molar-refractivity contribution is -0.138. The van der Waals surface area contributed by atoms with Crippen LogP contribution in [-0.2, 0) is 14.3 Å². The second-order valence-corrected chi connectivity index (χ2v) is 6.88. The summed E-state index contributed by atoms with van der Waals surface area (Å²) in [5, 5.41) is 0. The number of ether oxygens (including phenoxy) is 2. The first-order chi connectivity index (χ1) is 12.5. The summed E-state index contributed by atoms with van der Waals surface area (Å²) in [4.78, 5) is 29.5. The molecule has 1 fully saturated rings.